The monoisotopic (exact) mass is 338 g/mol. The molecule has 5 heteroatoms. The number of carbonyl (C=O) groups is 2. The minimum Gasteiger partial charge on any atom is -0.481 e. The Balaban J connectivity index is 1.97. The third-order valence-electron chi connectivity index (χ3n) is 4.69. The molecule has 2 aromatic carbocycles. The molecule has 0 spiro atoms. The highest BCUT2D eigenvalue weighted by molar-refractivity contribution is 6.02. The Morgan fingerprint density at radius 1 is 1.00 bits per heavy atom. The van der Waals surface area contributed by atoms with Crippen LogP contribution in [0.3, 0.4) is 0 Å². The van der Waals surface area contributed by atoms with Crippen molar-refractivity contribution in [3.05, 3.63) is 59.7 Å². The maximum Gasteiger partial charge on any atom is 0.305 e. The molecule has 1 heterocycles. The molecular formula is C20H22N2O3. The average Bonchev–Trinajstić information content (AvgIpc) is 2.58. The predicted molar refractivity (Wildman–Crippen MR) is 98.1 cm³/mol. The van der Waals surface area contributed by atoms with Crippen LogP contribution in [0, 0.1) is 13.8 Å². The number of benzene rings is 2. The first-order valence-corrected chi connectivity index (χ1v) is 8.40. The fourth-order valence-corrected chi connectivity index (χ4v) is 3.43. The Labute approximate surface area is 147 Å². The lowest BCUT2D eigenvalue weighted by atomic mass is 10.0. The van der Waals surface area contributed by atoms with Crippen molar-refractivity contribution in [1.29, 1.82) is 0 Å². The molecule has 1 fully saturated rings. The molecule has 1 N–H and O–H groups in total. The lowest BCUT2D eigenvalue weighted by molar-refractivity contribution is -0.139. The number of carbonyl (C=O) groups excluding carboxylic acids is 1. The van der Waals surface area contributed by atoms with Gasteiger partial charge < -0.3 is 14.9 Å². The molecule has 5 nitrogen and oxygen atoms in total. The second-order valence-corrected chi connectivity index (χ2v) is 6.37. The number of carboxylic acids is 1. The third-order valence-corrected chi connectivity index (χ3v) is 4.69. The molecule has 0 bridgehead atoms. The summed E-state index contributed by atoms with van der Waals surface area (Å²) in [6, 6.07) is 14.8. The average molecular weight is 338 g/mol. The van der Waals surface area contributed by atoms with Crippen LogP contribution in [0.15, 0.2) is 48.5 Å². The Bertz CT molecular complexity index is 803. The van der Waals surface area contributed by atoms with E-state index in [1.54, 1.807) is 4.90 Å². The highest BCUT2D eigenvalue weighted by Gasteiger charge is 2.37. The van der Waals surface area contributed by atoms with E-state index in [-0.39, 0.29) is 12.3 Å². The van der Waals surface area contributed by atoms with Crippen molar-refractivity contribution in [2.24, 2.45) is 0 Å². The minimum atomic E-state index is -0.969. The summed E-state index contributed by atoms with van der Waals surface area (Å²) >= 11 is 0. The molecule has 0 saturated carbocycles. The van der Waals surface area contributed by atoms with Crippen LogP contribution in [-0.2, 0) is 9.59 Å². The third kappa shape index (κ3) is 3.36. The number of aliphatic carboxylic acids is 1. The van der Waals surface area contributed by atoms with E-state index in [1.165, 1.54) is 0 Å². The van der Waals surface area contributed by atoms with Gasteiger partial charge in [0.1, 0.15) is 6.04 Å². The Kier molecular flexibility index (Phi) is 4.74. The summed E-state index contributed by atoms with van der Waals surface area (Å²) in [4.78, 5) is 28.2. The molecule has 0 aliphatic carbocycles. The molecule has 0 radical (unpaired) electrons. The first kappa shape index (κ1) is 17.0. The number of hydrogen-bond donors (Lipinski definition) is 1. The van der Waals surface area contributed by atoms with Crippen molar-refractivity contribution in [3.63, 3.8) is 0 Å². The maximum atomic E-state index is 13.1. The van der Waals surface area contributed by atoms with Gasteiger partial charge in [0, 0.05) is 24.5 Å². The van der Waals surface area contributed by atoms with Gasteiger partial charge in [0.15, 0.2) is 0 Å². The number of amides is 1. The van der Waals surface area contributed by atoms with E-state index in [1.807, 2.05) is 67.3 Å². The fourth-order valence-electron chi connectivity index (χ4n) is 3.43. The number of para-hydroxylation sites is 2. The van der Waals surface area contributed by atoms with Crippen molar-refractivity contribution in [3.8, 4) is 0 Å². The van der Waals surface area contributed by atoms with Crippen molar-refractivity contribution >= 4 is 23.3 Å². The molecule has 1 unspecified atom stereocenters. The first-order valence-electron chi connectivity index (χ1n) is 8.40. The van der Waals surface area contributed by atoms with Gasteiger partial charge >= 0.3 is 5.97 Å². The predicted octanol–water partition coefficient (Wildman–Crippen LogP) is 3.00. The summed E-state index contributed by atoms with van der Waals surface area (Å²) in [5.41, 5.74) is 3.82. The molecule has 1 aliphatic heterocycles. The number of carboxylic acid groups (broad SMARTS) is 1. The van der Waals surface area contributed by atoms with Crippen molar-refractivity contribution < 1.29 is 14.7 Å². The number of piperazine rings is 1. The van der Waals surface area contributed by atoms with E-state index in [0.717, 1.165) is 22.5 Å². The number of hydrogen-bond acceptors (Lipinski definition) is 3. The van der Waals surface area contributed by atoms with Crippen LogP contribution >= 0.6 is 0 Å². The standard InChI is InChI=1S/C20H22N2O3/c1-14-7-3-5-9-16(14)21-11-12-22(17-10-6-4-8-15(17)2)20(25)18(21)13-19(23)24/h3-10,18H,11-13H2,1-2H3,(H,23,24). The Hall–Kier alpha value is -2.82. The first-order chi connectivity index (χ1) is 12.0. The summed E-state index contributed by atoms with van der Waals surface area (Å²) < 4.78 is 0. The van der Waals surface area contributed by atoms with E-state index >= 15 is 0 Å². The van der Waals surface area contributed by atoms with Gasteiger partial charge in [-0.15, -0.1) is 0 Å². The van der Waals surface area contributed by atoms with Crippen LogP contribution in [0.5, 0.6) is 0 Å². The molecular weight excluding hydrogens is 316 g/mol. The van der Waals surface area contributed by atoms with Gasteiger partial charge in [-0.2, -0.15) is 0 Å². The largest absolute Gasteiger partial charge is 0.481 e. The molecule has 3 rings (SSSR count). The van der Waals surface area contributed by atoms with Gasteiger partial charge in [0.2, 0.25) is 5.91 Å². The highest BCUT2D eigenvalue weighted by Crippen LogP contribution is 2.30. The van der Waals surface area contributed by atoms with Gasteiger partial charge in [-0.05, 0) is 37.1 Å². The van der Waals surface area contributed by atoms with Crippen LogP contribution < -0.4 is 9.80 Å². The molecule has 1 aliphatic rings. The molecule has 130 valence electrons. The van der Waals surface area contributed by atoms with Gasteiger partial charge in [-0.1, -0.05) is 36.4 Å². The fraction of sp³-hybridized carbons (Fsp3) is 0.300. The van der Waals surface area contributed by atoms with Crippen molar-refractivity contribution in [2.45, 2.75) is 26.3 Å². The molecule has 25 heavy (non-hydrogen) atoms. The number of anilines is 2. The zero-order chi connectivity index (χ0) is 18.0. The zero-order valence-corrected chi connectivity index (χ0v) is 14.5. The zero-order valence-electron chi connectivity index (χ0n) is 14.5. The summed E-state index contributed by atoms with van der Waals surface area (Å²) in [6.45, 7) is 5.07. The van der Waals surface area contributed by atoms with Crippen LogP contribution in [-0.4, -0.2) is 36.1 Å². The molecule has 1 atom stereocenters. The lowest BCUT2D eigenvalue weighted by Gasteiger charge is -2.42. The summed E-state index contributed by atoms with van der Waals surface area (Å²) in [5, 5.41) is 9.33. The maximum absolute atomic E-state index is 13.1. The second-order valence-electron chi connectivity index (χ2n) is 6.37. The van der Waals surface area contributed by atoms with Gasteiger partial charge in [0.25, 0.3) is 0 Å². The minimum absolute atomic E-state index is 0.161. The van der Waals surface area contributed by atoms with E-state index in [0.29, 0.717) is 13.1 Å². The molecule has 1 amide bonds. The Morgan fingerprint density at radius 3 is 2.12 bits per heavy atom. The highest BCUT2D eigenvalue weighted by atomic mass is 16.4. The van der Waals surface area contributed by atoms with Crippen molar-refractivity contribution in [2.75, 3.05) is 22.9 Å². The number of aryl methyl sites for hydroxylation is 2. The summed E-state index contributed by atoms with van der Waals surface area (Å²) in [6.07, 6.45) is -0.213. The smallest absolute Gasteiger partial charge is 0.305 e. The van der Waals surface area contributed by atoms with Gasteiger partial charge in [-0.25, -0.2) is 0 Å². The molecule has 2 aromatic rings. The van der Waals surface area contributed by atoms with Crippen molar-refractivity contribution in [1.82, 2.24) is 0 Å². The van der Waals surface area contributed by atoms with Gasteiger partial charge in [-0.3, -0.25) is 9.59 Å². The summed E-state index contributed by atoms with van der Waals surface area (Å²) in [5.74, 6) is -1.13. The lowest BCUT2D eigenvalue weighted by Crippen LogP contribution is -2.58. The van der Waals surface area contributed by atoms with E-state index in [2.05, 4.69) is 0 Å². The van der Waals surface area contributed by atoms with E-state index in [9.17, 15) is 14.7 Å². The normalized spacial score (nSPS) is 17.7. The number of rotatable bonds is 4. The van der Waals surface area contributed by atoms with Crippen LogP contribution in [0.2, 0.25) is 0 Å². The van der Waals surface area contributed by atoms with Crippen LogP contribution in [0.4, 0.5) is 11.4 Å². The van der Waals surface area contributed by atoms with E-state index < -0.39 is 12.0 Å². The van der Waals surface area contributed by atoms with Crippen LogP contribution in [0.25, 0.3) is 0 Å². The van der Waals surface area contributed by atoms with Gasteiger partial charge in [0.05, 0.1) is 6.42 Å². The Morgan fingerprint density at radius 2 is 1.56 bits per heavy atom. The molecule has 1 saturated heterocycles. The summed E-state index contributed by atoms with van der Waals surface area (Å²) in [7, 11) is 0. The number of nitrogens with zero attached hydrogens (tertiary/aromatic N) is 2. The topological polar surface area (TPSA) is 60.9 Å². The van der Waals surface area contributed by atoms with E-state index in [4.69, 9.17) is 0 Å². The van der Waals surface area contributed by atoms with Crippen LogP contribution in [0.1, 0.15) is 17.5 Å². The second kappa shape index (κ2) is 6.97. The molecule has 0 aromatic heterocycles. The SMILES string of the molecule is Cc1ccccc1N1CCN(c2ccccc2C)C(CC(=O)O)C1=O. The quantitative estimate of drug-likeness (QED) is 0.931.